The smallest absolute Gasteiger partial charge is 0.243 e. The molecule has 1 aliphatic carbocycles. The predicted octanol–water partition coefficient (Wildman–Crippen LogP) is 2.37. The Balaban J connectivity index is 1.31. The molecule has 2 aromatic rings. The topological polar surface area (TPSA) is 145 Å². The van der Waals surface area contributed by atoms with E-state index in [9.17, 15) is 9.59 Å². The molecule has 0 spiro atoms. The second kappa shape index (κ2) is 10.5. The number of amides is 2. The van der Waals surface area contributed by atoms with Crippen LogP contribution >= 0.6 is 0 Å². The lowest BCUT2D eigenvalue weighted by Crippen LogP contribution is -2.58. The summed E-state index contributed by atoms with van der Waals surface area (Å²) >= 11 is 0. The van der Waals surface area contributed by atoms with Gasteiger partial charge in [0.25, 0.3) is 0 Å². The van der Waals surface area contributed by atoms with Crippen molar-refractivity contribution in [3.05, 3.63) is 23.0 Å². The van der Waals surface area contributed by atoms with Gasteiger partial charge in [0.05, 0.1) is 11.2 Å². The van der Waals surface area contributed by atoms with Crippen LogP contribution in [0.5, 0.6) is 0 Å². The van der Waals surface area contributed by atoms with E-state index in [1.54, 1.807) is 18.7 Å². The summed E-state index contributed by atoms with van der Waals surface area (Å²) in [5, 5.41) is 14.1. The van der Waals surface area contributed by atoms with Crippen LogP contribution in [0.2, 0.25) is 0 Å². The molecule has 2 aliphatic heterocycles. The number of carbonyl (C=O) groups excluding carboxylic acids is 2. The van der Waals surface area contributed by atoms with Gasteiger partial charge in [0.1, 0.15) is 11.9 Å². The summed E-state index contributed by atoms with van der Waals surface area (Å²) < 4.78 is 0. The molecule has 11 heteroatoms. The first-order valence-corrected chi connectivity index (χ1v) is 14.0. The van der Waals surface area contributed by atoms with Gasteiger partial charge in [0, 0.05) is 43.0 Å². The number of likely N-dealkylation sites (tertiary alicyclic amines) is 1. The molecule has 5 N–H and O–H groups in total. The second-order valence-corrected chi connectivity index (χ2v) is 11.8. The molecule has 2 saturated heterocycles. The Morgan fingerprint density at radius 2 is 1.92 bits per heavy atom. The third-order valence-corrected chi connectivity index (χ3v) is 7.81. The van der Waals surface area contributed by atoms with Gasteiger partial charge in [-0.15, -0.1) is 0 Å². The molecule has 2 fully saturated rings. The van der Waals surface area contributed by atoms with Crippen molar-refractivity contribution in [1.82, 2.24) is 30.4 Å². The number of carbonyl (C=O) groups is 2. The quantitative estimate of drug-likeness (QED) is 0.433. The lowest BCUT2D eigenvalue weighted by molar-refractivity contribution is -0.138. The summed E-state index contributed by atoms with van der Waals surface area (Å²) in [7, 11) is 0. The van der Waals surface area contributed by atoms with E-state index in [4.69, 9.17) is 15.7 Å². The minimum atomic E-state index is -0.920. The van der Waals surface area contributed by atoms with Gasteiger partial charge in [0.2, 0.25) is 17.8 Å². The van der Waals surface area contributed by atoms with Gasteiger partial charge in [-0.2, -0.15) is 10.1 Å². The zero-order valence-electron chi connectivity index (χ0n) is 23.0. The Morgan fingerprint density at radius 3 is 2.66 bits per heavy atom. The summed E-state index contributed by atoms with van der Waals surface area (Å²) in [4.78, 5) is 39.8. The fourth-order valence-corrected chi connectivity index (χ4v) is 5.73. The summed E-state index contributed by atoms with van der Waals surface area (Å²) in [5.74, 6) is 2.35. The largest absolute Gasteiger partial charge is 0.350 e. The first-order chi connectivity index (χ1) is 18.1. The number of anilines is 3. The van der Waals surface area contributed by atoms with Gasteiger partial charge < -0.3 is 26.2 Å². The van der Waals surface area contributed by atoms with Crippen LogP contribution in [0.25, 0.3) is 0 Å². The van der Waals surface area contributed by atoms with Gasteiger partial charge in [-0.1, -0.05) is 13.8 Å². The number of rotatable bonds is 7. The van der Waals surface area contributed by atoms with Crippen LogP contribution in [0.4, 0.5) is 17.6 Å². The molecule has 5 rings (SSSR count). The molecule has 0 saturated carbocycles. The number of fused-ring (bicyclic) bond motifs is 1. The monoisotopic (exact) mass is 523 g/mol. The van der Waals surface area contributed by atoms with Gasteiger partial charge >= 0.3 is 0 Å². The highest BCUT2D eigenvalue weighted by molar-refractivity contribution is 5.87. The summed E-state index contributed by atoms with van der Waals surface area (Å²) in [6.07, 6.45) is 6.21. The van der Waals surface area contributed by atoms with E-state index in [-0.39, 0.29) is 23.9 Å². The molecule has 11 nitrogen and oxygen atoms in total. The van der Waals surface area contributed by atoms with Crippen molar-refractivity contribution in [2.45, 2.75) is 96.2 Å². The van der Waals surface area contributed by atoms with Crippen LogP contribution in [0.15, 0.2) is 6.07 Å². The maximum Gasteiger partial charge on any atom is 0.243 e. The van der Waals surface area contributed by atoms with E-state index in [0.717, 1.165) is 80.1 Å². The normalized spacial score (nSPS) is 21.6. The lowest BCUT2D eigenvalue weighted by atomic mass is 10.00. The molecule has 3 aliphatic rings. The fraction of sp³-hybridized carbons (Fsp3) is 0.667. The van der Waals surface area contributed by atoms with Crippen LogP contribution < -0.4 is 21.3 Å². The number of hydrogen-bond donors (Lipinski definition) is 4. The second-order valence-electron chi connectivity index (χ2n) is 11.8. The van der Waals surface area contributed by atoms with Crippen molar-refractivity contribution < 1.29 is 9.59 Å². The van der Waals surface area contributed by atoms with Crippen LogP contribution in [0.1, 0.15) is 82.7 Å². The van der Waals surface area contributed by atoms with Gasteiger partial charge in [-0.25, -0.2) is 4.98 Å². The molecule has 0 bridgehead atoms. The predicted molar refractivity (Wildman–Crippen MR) is 146 cm³/mol. The number of H-pyrrole nitrogens is 1. The van der Waals surface area contributed by atoms with Crippen LogP contribution in [0.3, 0.4) is 0 Å². The van der Waals surface area contributed by atoms with Crippen LogP contribution in [-0.2, 0) is 22.4 Å². The van der Waals surface area contributed by atoms with E-state index in [2.05, 4.69) is 34.7 Å². The maximum absolute atomic E-state index is 13.5. The molecule has 4 heterocycles. The van der Waals surface area contributed by atoms with E-state index in [1.807, 2.05) is 11.0 Å². The molecule has 206 valence electrons. The van der Waals surface area contributed by atoms with Gasteiger partial charge in [-0.3, -0.25) is 14.7 Å². The lowest BCUT2D eigenvalue weighted by Gasteiger charge is -2.37. The van der Waals surface area contributed by atoms with Crippen molar-refractivity contribution in [3.63, 3.8) is 0 Å². The van der Waals surface area contributed by atoms with E-state index >= 15 is 0 Å². The van der Waals surface area contributed by atoms with Crippen molar-refractivity contribution >= 4 is 29.4 Å². The summed E-state index contributed by atoms with van der Waals surface area (Å²) in [6.45, 7) is 9.59. The zero-order chi connectivity index (χ0) is 27.0. The molecule has 0 unspecified atom stereocenters. The van der Waals surface area contributed by atoms with E-state index < -0.39 is 5.54 Å². The standard InChI is InChI=1S/C27H41N9O2/c1-16(2)20-14-22(34-33-20)31-23-18-9-5-10-19(18)30-26(32-23)36-13-7-11-21(36)24(37)29-17-8-6-12-35(15-17)25(38)27(3,4)28/h14,16-17,21H,5-13,15,28H2,1-4H3,(H,29,37)(H2,30,31,32,33,34)/t17-,21+/m0/s1. The third-order valence-electron chi connectivity index (χ3n) is 7.81. The SMILES string of the molecule is CC(C)c1cc(Nc2nc(N3CCC[C@@H]3C(=O)N[C@H]3CCCN(C(=O)C(C)(C)N)C3)nc3c2CCC3)n[nH]1. The number of nitrogens with one attached hydrogen (secondary N) is 3. The van der Waals surface area contributed by atoms with Crippen molar-refractivity contribution in [1.29, 1.82) is 0 Å². The van der Waals surface area contributed by atoms with Gasteiger partial charge in [-0.05, 0) is 64.7 Å². The molecular weight excluding hydrogens is 482 g/mol. The Hall–Kier alpha value is -3.21. The average Bonchev–Trinajstić information content (AvgIpc) is 3.63. The van der Waals surface area contributed by atoms with Crippen molar-refractivity contribution in [2.75, 3.05) is 29.9 Å². The average molecular weight is 524 g/mol. The van der Waals surface area contributed by atoms with Crippen LogP contribution in [-0.4, -0.2) is 74.1 Å². The van der Waals surface area contributed by atoms with Crippen molar-refractivity contribution in [3.8, 4) is 0 Å². The summed E-state index contributed by atoms with van der Waals surface area (Å²) in [5.41, 5.74) is 8.37. The maximum atomic E-state index is 13.5. The molecule has 38 heavy (non-hydrogen) atoms. The van der Waals surface area contributed by atoms with E-state index in [1.165, 1.54) is 0 Å². The number of hydrogen-bond acceptors (Lipinski definition) is 8. The molecular formula is C27H41N9O2. The number of aromatic amines is 1. The molecule has 2 atom stereocenters. The fourth-order valence-electron chi connectivity index (χ4n) is 5.73. The van der Waals surface area contributed by atoms with Crippen molar-refractivity contribution in [2.24, 2.45) is 5.73 Å². The Kier molecular flexibility index (Phi) is 7.30. The highest BCUT2D eigenvalue weighted by Crippen LogP contribution is 2.33. The Labute approximate surface area is 224 Å². The molecule has 2 aromatic heterocycles. The van der Waals surface area contributed by atoms with Gasteiger partial charge in [0.15, 0.2) is 5.82 Å². The zero-order valence-corrected chi connectivity index (χ0v) is 23.0. The number of piperidine rings is 1. The first kappa shape index (κ1) is 26.4. The van der Waals surface area contributed by atoms with Crippen LogP contribution in [0, 0.1) is 0 Å². The number of aryl methyl sites for hydroxylation is 1. The number of nitrogens with zero attached hydrogens (tertiary/aromatic N) is 5. The molecule has 0 radical (unpaired) electrons. The highest BCUT2D eigenvalue weighted by Gasteiger charge is 2.37. The van der Waals surface area contributed by atoms with E-state index in [0.29, 0.717) is 25.0 Å². The Morgan fingerprint density at radius 1 is 1.13 bits per heavy atom. The highest BCUT2D eigenvalue weighted by atomic mass is 16.2. The minimum Gasteiger partial charge on any atom is -0.350 e. The summed E-state index contributed by atoms with van der Waals surface area (Å²) in [6, 6.07) is 1.60. The Bertz CT molecular complexity index is 1190. The third kappa shape index (κ3) is 5.48. The molecule has 2 amide bonds. The minimum absolute atomic E-state index is 0.0266. The molecule has 0 aromatic carbocycles. The number of nitrogens with two attached hydrogens (primary N) is 1. The number of aromatic nitrogens is 4. The first-order valence-electron chi connectivity index (χ1n) is 14.0.